The molecule has 0 saturated heterocycles. The van der Waals surface area contributed by atoms with Crippen molar-refractivity contribution >= 4 is 39.2 Å². The SMILES string of the molecule is C[C@@H]1Cc2ccc(CNC(=O)Nc3cccc(Br)c3)cc2N1C(=O)c1ccccc1. The second kappa shape index (κ2) is 8.71. The van der Waals surface area contributed by atoms with E-state index in [1.165, 1.54) is 0 Å². The van der Waals surface area contributed by atoms with E-state index in [-0.39, 0.29) is 18.0 Å². The molecule has 2 N–H and O–H groups in total. The molecule has 3 amide bonds. The Labute approximate surface area is 184 Å². The van der Waals surface area contributed by atoms with Gasteiger partial charge in [-0.25, -0.2) is 4.79 Å². The van der Waals surface area contributed by atoms with E-state index >= 15 is 0 Å². The number of hydrogen-bond donors (Lipinski definition) is 2. The van der Waals surface area contributed by atoms with Crippen LogP contribution in [0.2, 0.25) is 0 Å². The van der Waals surface area contributed by atoms with Gasteiger partial charge in [0, 0.05) is 34.0 Å². The Hall–Kier alpha value is -3.12. The Bertz CT molecular complexity index is 1080. The van der Waals surface area contributed by atoms with Crippen molar-refractivity contribution in [2.24, 2.45) is 0 Å². The molecular weight excluding hydrogens is 442 g/mol. The molecule has 0 bridgehead atoms. The van der Waals surface area contributed by atoms with Gasteiger partial charge in [-0.05, 0) is 60.9 Å². The lowest BCUT2D eigenvalue weighted by Crippen LogP contribution is -2.35. The van der Waals surface area contributed by atoms with Crippen molar-refractivity contribution in [3.8, 4) is 0 Å². The lowest BCUT2D eigenvalue weighted by molar-refractivity contribution is 0.0981. The molecular formula is C24H22BrN3O2. The van der Waals surface area contributed by atoms with Crippen LogP contribution >= 0.6 is 15.9 Å². The normalized spacial score (nSPS) is 14.9. The number of nitrogens with zero attached hydrogens (tertiary/aromatic N) is 1. The second-order valence-electron chi connectivity index (χ2n) is 7.38. The molecule has 3 aromatic rings. The fourth-order valence-electron chi connectivity index (χ4n) is 3.72. The number of rotatable bonds is 4. The van der Waals surface area contributed by atoms with Gasteiger partial charge in [0.05, 0.1) is 0 Å². The highest BCUT2D eigenvalue weighted by Gasteiger charge is 2.31. The summed E-state index contributed by atoms with van der Waals surface area (Å²) in [7, 11) is 0. The lowest BCUT2D eigenvalue weighted by Gasteiger charge is -2.23. The number of amides is 3. The first kappa shape index (κ1) is 20.2. The zero-order valence-electron chi connectivity index (χ0n) is 16.6. The molecule has 1 aliphatic rings. The summed E-state index contributed by atoms with van der Waals surface area (Å²) in [4.78, 5) is 27.2. The molecule has 5 nitrogen and oxygen atoms in total. The molecule has 4 rings (SSSR count). The van der Waals surface area contributed by atoms with Crippen molar-refractivity contribution in [1.29, 1.82) is 0 Å². The van der Waals surface area contributed by atoms with Gasteiger partial charge in [0.1, 0.15) is 0 Å². The van der Waals surface area contributed by atoms with Gasteiger partial charge >= 0.3 is 6.03 Å². The van der Waals surface area contributed by atoms with Crippen molar-refractivity contribution in [3.05, 3.63) is 94.0 Å². The maximum atomic E-state index is 13.1. The Morgan fingerprint density at radius 3 is 2.60 bits per heavy atom. The molecule has 3 aromatic carbocycles. The van der Waals surface area contributed by atoms with Crippen LogP contribution in [0.5, 0.6) is 0 Å². The first-order valence-corrected chi connectivity index (χ1v) is 10.6. The van der Waals surface area contributed by atoms with Gasteiger partial charge in [-0.2, -0.15) is 0 Å². The summed E-state index contributed by atoms with van der Waals surface area (Å²) in [6.45, 7) is 2.43. The number of urea groups is 1. The molecule has 0 spiro atoms. The summed E-state index contributed by atoms with van der Waals surface area (Å²) in [6.07, 6.45) is 0.824. The highest BCUT2D eigenvalue weighted by molar-refractivity contribution is 9.10. The van der Waals surface area contributed by atoms with E-state index in [1.807, 2.05) is 77.7 Å². The molecule has 0 aromatic heterocycles. The lowest BCUT2D eigenvalue weighted by atomic mass is 10.1. The molecule has 1 heterocycles. The van der Waals surface area contributed by atoms with Gasteiger partial charge in [-0.1, -0.05) is 52.3 Å². The van der Waals surface area contributed by atoms with E-state index in [1.54, 1.807) is 0 Å². The largest absolute Gasteiger partial charge is 0.334 e. The molecule has 0 fully saturated rings. The average Bonchev–Trinajstić information content (AvgIpc) is 3.07. The third-order valence-corrected chi connectivity index (χ3v) is 5.63. The zero-order valence-corrected chi connectivity index (χ0v) is 18.1. The summed E-state index contributed by atoms with van der Waals surface area (Å²) in [5.74, 6) is -0.000596. The highest BCUT2D eigenvalue weighted by atomic mass is 79.9. The molecule has 0 aliphatic carbocycles. The van der Waals surface area contributed by atoms with Crippen LogP contribution < -0.4 is 15.5 Å². The van der Waals surface area contributed by atoms with E-state index in [9.17, 15) is 9.59 Å². The van der Waals surface area contributed by atoms with Crippen molar-refractivity contribution in [1.82, 2.24) is 5.32 Å². The smallest absolute Gasteiger partial charge is 0.319 e. The van der Waals surface area contributed by atoms with E-state index in [2.05, 4.69) is 33.5 Å². The Kier molecular flexibility index (Phi) is 5.86. The van der Waals surface area contributed by atoms with Crippen LogP contribution in [0, 0.1) is 0 Å². The quantitative estimate of drug-likeness (QED) is 0.546. The number of nitrogens with one attached hydrogen (secondary N) is 2. The maximum absolute atomic E-state index is 13.1. The number of halogens is 1. The fraction of sp³-hybridized carbons (Fsp3) is 0.167. The molecule has 152 valence electrons. The average molecular weight is 464 g/mol. The van der Waals surface area contributed by atoms with Crippen molar-refractivity contribution in [2.45, 2.75) is 25.9 Å². The molecule has 0 radical (unpaired) electrons. The fourth-order valence-corrected chi connectivity index (χ4v) is 4.12. The maximum Gasteiger partial charge on any atom is 0.319 e. The van der Waals surface area contributed by atoms with E-state index in [0.717, 1.165) is 27.7 Å². The van der Waals surface area contributed by atoms with Gasteiger partial charge < -0.3 is 15.5 Å². The molecule has 1 aliphatic heterocycles. The van der Waals surface area contributed by atoms with Crippen LogP contribution in [0.3, 0.4) is 0 Å². The molecule has 0 saturated carbocycles. The van der Waals surface area contributed by atoms with E-state index < -0.39 is 0 Å². The Morgan fingerprint density at radius 1 is 1.03 bits per heavy atom. The number of hydrogen-bond acceptors (Lipinski definition) is 2. The third kappa shape index (κ3) is 4.39. The molecule has 30 heavy (non-hydrogen) atoms. The number of benzene rings is 3. The monoisotopic (exact) mass is 463 g/mol. The summed E-state index contributed by atoms with van der Waals surface area (Å²) < 4.78 is 0.899. The number of fused-ring (bicyclic) bond motifs is 1. The third-order valence-electron chi connectivity index (χ3n) is 5.14. The first-order valence-electron chi connectivity index (χ1n) is 9.82. The first-order chi connectivity index (χ1) is 14.5. The van der Waals surface area contributed by atoms with Crippen LogP contribution in [0.15, 0.2) is 77.3 Å². The second-order valence-corrected chi connectivity index (χ2v) is 8.29. The van der Waals surface area contributed by atoms with Crippen LogP contribution in [0.4, 0.5) is 16.2 Å². The van der Waals surface area contributed by atoms with Crippen LogP contribution in [-0.4, -0.2) is 18.0 Å². The minimum atomic E-state index is -0.279. The van der Waals surface area contributed by atoms with Crippen molar-refractivity contribution in [3.63, 3.8) is 0 Å². The van der Waals surface area contributed by atoms with Gasteiger partial charge in [0.25, 0.3) is 5.91 Å². The molecule has 6 heteroatoms. The van der Waals surface area contributed by atoms with Crippen molar-refractivity contribution < 1.29 is 9.59 Å². The summed E-state index contributed by atoms with van der Waals surface area (Å²) in [6, 6.07) is 22.6. The topological polar surface area (TPSA) is 61.4 Å². The summed E-state index contributed by atoms with van der Waals surface area (Å²) in [5.41, 5.74) is 4.40. The van der Waals surface area contributed by atoms with E-state index in [0.29, 0.717) is 17.8 Å². The highest BCUT2D eigenvalue weighted by Crippen LogP contribution is 2.34. The summed E-state index contributed by atoms with van der Waals surface area (Å²) >= 11 is 3.39. The standard InChI is InChI=1S/C24H22BrN3O2/c1-16-12-19-11-10-17(15-26-24(30)27-21-9-5-8-20(25)14-21)13-22(19)28(16)23(29)18-6-3-2-4-7-18/h2-11,13-14,16H,12,15H2,1H3,(H2,26,27,30)/t16-/m1/s1. The van der Waals surface area contributed by atoms with Gasteiger partial charge in [-0.3, -0.25) is 4.79 Å². The minimum Gasteiger partial charge on any atom is -0.334 e. The summed E-state index contributed by atoms with van der Waals surface area (Å²) in [5, 5.41) is 5.69. The van der Waals surface area contributed by atoms with Gasteiger partial charge in [0.15, 0.2) is 0 Å². The number of carbonyl (C=O) groups is 2. The predicted molar refractivity (Wildman–Crippen MR) is 123 cm³/mol. The molecule has 1 atom stereocenters. The Balaban J connectivity index is 1.46. The number of anilines is 2. The van der Waals surface area contributed by atoms with Crippen molar-refractivity contribution in [2.75, 3.05) is 10.2 Å². The zero-order chi connectivity index (χ0) is 21.1. The molecule has 0 unspecified atom stereocenters. The van der Waals surface area contributed by atoms with Gasteiger partial charge in [-0.15, -0.1) is 0 Å². The predicted octanol–water partition coefficient (Wildman–Crippen LogP) is 5.36. The van der Waals surface area contributed by atoms with Gasteiger partial charge in [0.2, 0.25) is 0 Å². The van der Waals surface area contributed by atoms with Crippen LogP contribution in [0.25, 0.3) is 0 Å². The van der Waals surface area contributed by atoms with E-state index in [4.69, 9.17) is 0 Å². The Morgan fingerprint density at radius 2 is 1.83 bits per heavy atom. The number of carbonyl (C=O) groups excluding carboxylic acids is 2. The van der Waals surface area contributed by atoms with Crippen LogP contribution in [-0.2, 0) is 13.0 Å². The minimum absolute atomic E-state index is 0.000596. The van der Waals surface area contributed by atoms with Crippen LogP contribution in [0.1, 0.15) is 28.4 Å².